The van der Waals surface area contributed by atoms with E-state index in [2.05, 4.69) is 21.2 Å². The van der Waals surface area contributed by atoms with Gasteiger partial charge in [-0.2, -0.15) is 0 Å². The Hall–Kier alpha value is -1.33. The molecule has 0 saturated carbocycles. The van der Waals surface area contributed by atoms with Gasteiger partial charge in [-0.05, 0) is 40.2 Å². The number of hydrogen-bond donors (Lipinski definition) is 1. The molecule has 3 nitrogen and oxygen atoms in total. The highest BCUT2D eigenvalue weighted by Gasteiger charge is 2.14. The van der Waals surface area contributed by atoms with Crippen molar-refractivity contribution in [2.24, 2.45) is 0 Å². The molecule has 88 valence electrons. The van der Waals surface area contributed by atoms with Gasteiger partial charge in [-0.25, -0.2) is 4.39 Å². The Morgan fingerprint density at radius 1 is 1.41 bits per heavy atom. The fourth-order valence-electron chi connectivity index (χ4n) is 1.24. The van der Waals surface area contributed by atoms with Gasteiger partial charge in [-0.1, -0.05) is 11.6 Å². The van der Waals surface area contributed by atoms with Crippen LogP contribution in [0.5, 0.6) is 0 Å². The molecule has 6 heteroatoms. The van der Waals surface area contributed by atoms with Gasteiger partial charge in [-0.15, -0.1) is 0 Å². The summed E-state index contributed by atoms with van der Waals surface area (Å²) in [6.45, 7) is 0. The van der Waals surface area contributed by atoms with E-state index in [0.717, 1.165) is 6.07 Å². The van der Waals surface area contributed by atoms with Gasteiger partial charge in [0.05, 0.1) is 17.5 Å². The molecule has 0 radical (unpaired) electrons. The van der Waals surface area contributed by atoms with Crippen LogP contribution in [0.15, 0.2) is 39.6 Å². The van der Waals surface area contributed by atoms with E-state index in [-0.39, 0.29) is 10.7 Å². The number of furan rings is 1. The molecular formula is C11H6BrClFNO2. The molecule has 0 fully saturated rings. The summed E-state index contributed by atoms with van der Waals surface area (Å²) < 4.78 is 18.6. The largest absolute Gasteiger partial charge is 0.457 e. The normalized spacial score (nSPS) is 10.3. The number of hydrogen-bond acceptors (Lipinski definition) is 2. The number of anilines is 1. The number of benzene rings is 1. The summed E-state index contributed by atoms with van der Waals surface area (Å²) in [5, 5.41) is 2.69. The Balaban J connectivity index is 2.22. The molecule has 0 atom stereocenters. The third kappa shape index (κ3) is 2.68. The van der Waals surface area contributed by atoms with Gasteiger partial charge >= 0.3 is 0 Å². The van der Waals surface area contributed by atoms with E-state index in [1.54, 1.807) is 0 Å². The van der Waals surface area contributed by atoms with Crippen molar-refractivity contribution in [1.82, 2.24) is 0 Å². The molecule has 1 N–H and O–H groups in total. The summed E-state index contributed by atoms with van der Waals surface area (Å²) in [5.41, 5.74) is 0.354. The third-order valence-corrected chi connectivity index (χ3v) is 2.89. The van der Waals surface area contributed by atoms with E-state index in [4.69, 9.17) is 16.0 Å². The van der Waals surface area contributed by atoms with Crippen molar-refractivity contribution in [3.05, 3.63) is 51.6 Å². The van der Waals surface area contributed by atoms with Crippen molar-refractivity contribution in [1.29, 1.82) is 0 Å². The Bertz CT molecular complexity index is 570. The molecule has 1 heterocycles. The van der Waals surface area contributed by atoms with Crippen molar-refractivity contribution in [2.45, 2.75) is 0 Å². The zero-order valence-corrected chi connectivity index (χ0v) is 10.7. The lowest BCUT2D eigenvalue weighted by molar-refractivity contribution is 0.102. The fraction of sp³-hybridized carbons (Fsp3) is 0. The van der Waals surface area contributed by atoms with Gasteiger partial charge in [0.15, 0.2) is 4.67 Å². The molecule has 0 spiro atoms. The lowest BCUT2D eigenvalue weighted by atomic mass is 10.2. The van der Waals surface area contributed by atoms with Gasteiger partial charge in [-0.3, -0.25) is 4.79 Å². The van der Waals surface area contributed by atoms with Crippen LogP contribution in [0.2, 0.25) is 5.02 Å². The zero-order valence-electron chi connectivity index (χ0n) is 8.34. The summed E-state index contributed by atoms with van der Waals surface area (Å²) in [7, 11) is 0. The first-order valence-corrected chi connectivity index (χ1v) is 5.74. The van der Waals surface area contributed by atoms with Crippen LogP contribution in [0.4, 0.5) is 10.1 Å². The minimum atomic E-state index is -0.592. The van der Waals surface area contributed by atoms with E-state index >= 15 is 0 Å². The average Bonchev–Trinajstić information content (AvgIpc) is 2.68. The highest BCUT2D eigenvalue weighted by Crippen LogP contribution is 2.22. The first-order chi connectivity index (χ1) is 8.08. The predicted molar refractivity (Wildman–Crippen MR) is 65.8 cm³/mol. The molecule has 1 amide bonds. The highest BCUT2D eigenvalue weighted by molar-refractivity contribution is 9.10. The minimum Gasteiger partial charge on any atom is -0.457 e. The number of nitrogens with one attached hydrogen (secondary N) is 1. The molecule has 0 unspecified atom stereocenters. The molecule has 1 aromatic carbocycles. The van der Waals surface area contributed by atoms with E-state index in [1.165, 1.54) is 24.5 Å². The summed E-state index contributed by atoms with van der Waals surface area (Å²) in [6, 6.07) is 5.49. The third-order valence-electron chi connectivity index (χ3n) is 2.04. The number of halogens is 3. The van der Waals surface area contributed by atoms with Crippen LogP contribution in [-0.4, -0.2) is 5.91 Å². The minimum absolute atomic E-state index is 0.0625. The summed E-state index contributed by atoms with van der Waals surface area (Å²) in [4.78, 5) is 11.7. The monoisotopic (exact) mass is 317 g/mol. The van der Waals surface area contributed by atoms with E-state index < -0.39 is 11.7 Å². The van der Waals surface area contributed by atoms with Crippen LogP contribution in [0, 0.1) is 5.82 Å². The number of rotatable bonds is 2. The Morgan fingerprint density at radius 2 is 2.18 bits per heavy atom. The first kappa shape index (κ1) is 12.1. The summed E-state index contributed by atoms with van der Waals surface area (Å²) in [6.07, 6.45) is 1.36. The zero-order chi connectivity index (χ0) is 12.4. The molecule has 0 bridgehead atoms. The van der Waals surface area contributed by atoms with Crippen LogP contribution in [-0.2, 0) is 0 Å². The van der Waals surface area contributed by atoms with Gasteiger partial charge in [0.25, 0.3) is 5.91 Å². The Labute approximate surface area is 110 Å². The molecule has 2 aromatic rings. The van der Waals surface area contributed by atoms with Crippen LogP contribution in [0.25, 0.3) is 0 Å². The first-order valence-electron chi connectivity index (χ1n) is 4.57. The van der Waals surface area contributed by atoms with Crippen LogP contribution < -0.4 is 5.32 Å². The maximum absolute atomic E-state index is 13.4. The maximum atomic E-state index is 13.4. The molecule has 0 aliphatic rings. The Kier molecular flexibility index (Phi) is 3.49. The van der Waals surface area contributed by atoms with Gasteiger partial charge in [0, 0.05) is 5.02 Å². The molecule has 0 aliphatic heterocycles. The van der Waals surface area contributed by atoms with Crippen molar-refractivity contribution in [2.75, 3.05) is 5.32 Å². The number of amides is 1. The quantitative estimate of drug-likeness (QED) is 0.906. The molecule has 0 saturated heterocycles. The Morgan fingerprint density at radius 3 is 2.76 bits per heavy atom. The van der Waals surface area contributed by atoms with Gasteiger partial charge < -0.3 is 9.73 Å². The van der Waals surface area contributed by atoms with E-state index in [0.29, 0.717) is 10.2 Å². The lowest BCUT2D eigenvalue weighted by Crippen LogP contribution is -2.12. The topological polar surface area (TPSA) is 42.2 Å². The average molecular weight is 319 g/mol. The standard InChI is InChI=1S/C11H6BrClFNO2/c12-10-7(3-4-17-10)11(16)15-9-2-1-6(13)5-8(9)14/h1-5H,(H,15,16). The van der Waals surface area contributed by atoms with E-state index in [1.807, 2.05) is 0 Å². The van der Waals surface area contributed by atoms with Gasteiger partial charge in [0.1, 0.15) is 5.82 Å². The second kappa shape index (κ2) is 4.89. The summed E-state index contributed by atoms with van der Waals surface area (Å²) in [5.74, 6) is -1.06. The second-order valence-electron chi connectivity index (χ2n) is 3.19. The molecule has 2 rings (SSSR count). The summed E-state index contributed by atoms with van der Waals surface area (Å²) >= 11 is 8.67. The number of carbonyl (C=O) groups excluding carboxylic acids is 1. The second-order valence-corrected chi connectivity index (χ2v) is 4.34. The SMILES string of the molecule is O=C(Nc1ccc(Cl)cc1F)c1ccoc1Br. The van der Waals surface area contributed by atoms with Crippen LogP contribution >= 0.6 is 27.5 Å². The van der Waals surface area contributed by atoms with Crippen molar-refractivity contribution in [3.8, 4) is 0 Å². The van der Waals surface area contributed by atoms with E-state index in [9.17, 15) is 9.18 Å². The molecule has 0 aliphatic carbocycles. The number of carbonyl (C=O) groups is 1. The molecular weight excluding hydrogens is 312 g/mol. The lowest BCUT2D eigenvalue weighted by Gasteiger charge is -2.05. The predicted octanol–water partition coefficient (Wildman–Crippen LogP) is 4.09. The maximum Gasteiger partial charge on any atom is 0.260 e. The van der Waals surface area contributed by atoms with Crippen LogP contribution in [0.1, 0.15) is 10.4 Å². The van der Waals surface area contributed by atoms with Crippen molar-refractivity contribution in [3.63, 3.8) is 0 Å². The van der Waals surface area contributed by atoms with Crippen LogP contribution in [0.3, 0.4) is 0 Å². The van der Waals surface area contributed by atoms with Crippen molar-refractivity contribution < 1.29 is 13.6 Å². The van der Waals surface area contributed by atoms with Crippen molar-refractivity contribution >= 4 is 39.1 Å². The van der Waals surface area contributed by atoms with Gasteiger partial charge in [0.2, 0.25) is 0 Å². The highest BCUT2D eigenvalue weighted by atomic mass is 79.9. The fourth-order valence-corrected chi connectivity index (χ4v) is 1.82. The molecule has 17 heavy (non-hydrogen) atoms. The smallest absolute Gasteiger partial charge is 0.260 e. The molecule has 1 aromatic heterocycles.